The number of hydrogen-bond donors (Lipinski definition) is 1. The van der Waals surface area contributed by atoms with E-state index in [9.17, 15) is 14.0 Å². The molecule has 1 unspecified atom stereocenters. The summed E-state index contributed by atoms with van der Waals surface area (Å²) in [5, 5.41) is 8.97. The lowest BCUT2D eigenvalue weighted by Crippen LogP contribution is -2.42. The molecule has 1 N–H and O–H groups in total. The topological polar surface area (TPSA) is 57.6 Å². The Morgan fingerprint density at radius 1 is 1.44 bits per heavy atom. The van der Waals surface area contributed by atoms with Crippen molar-refractivity contribution in [1.29, 1.82) is 0 Å². The predicted octanol–water partition coefficient (Wildman–Crippen LogP) is 2.07. The summed E-state index contributed by atoms with van der Waals surface area (Å²) in [5.41, 5.74) is 0.597. The molecule has 0 aliphatic rings. The number of aryl methyl sites for hydroxylation is 1. The molecule has 1 aromatic carbocycles. The first kappa shape index (κ1) is 14.2. The summed E-state index contributed by atoms with van der Waals surface area (Å²) in [5.74, 6) is -2.04. The van der Waals surface area contributed by atoms with Crippen LogP contribution in [-0.4, -0.2) is 35.0 Å². The molecular weight excluding hydrogens is 237 g/mol. The van der Waals surface area contributed by atoms with Crippen LogP contribution in [0, 0.1) is 12.7 Å². The second kappa shape index (κ2) is 5.62. The number of nitrogens with zero attached hydrogens (tertiary/aromatic N) is 1. The molecule has 0 heterocycles. The molecule has 0 fully saturated rings. The van der Waals surface area contributed by atoms with Gasteiger partial charge in [0.1, 0.15) is 11.9 Å². The van der Waals surface area contributed by atoms with Gasteiger partial charge in [0.05, 0.1) is 0 Å². The van der Waals surface area contributed by atoms with Gasteiger partial charge in [-0.05, 0) is 31.0 Å². The van der Waals surface area contributed by atoms with Gasteiger partial charge in [-0.3, -0.25) is 4.79 Å². The molecule has 0 spiro atoms. The third-order valence-corrected chi connectivity index (χ3v) is 2.88. The van der Waals surface area contributed by atoms with E-state index in [4.69, 9.17) is 5.11 Å². The van der Waals surface area contributed by atoms with Gasteiger partial charge in [-0.1, -0.05) is 13.0 Å². The largest absolute Gasteiger partial charge is 0.480 e. The van der Waals surface area contributed by atoms with Crippen LogP contribution >= 0.6 is 0 Å². The number of aliphatic carboxylic acids is 1. The van der Waals surface area contributed by atoms with Gasteiger partial charge in [0.25, 0.3) is 5.91 Å². The second-order valence-corrected chi connectivity index (χ2v) is 4.14. The fourth-order valence-corrected chi connectivity index (χ4v) is 1.69. The van der Waals surface area contributed by atoms with Gasteiger partial charge < -0.3 is 10.0 Å². The van der Waals surface area contributed by atoms with Crippen molar-refractivity contribution in [2.45, 2.75) is 26.3 Å². The van der Waals surface area contributed by atoms with Crippen LogP contribution in [0.4, 0.5) is 4.39 Å². The molecule has 5 heteroatoms. The lowest BCUT2D eigenvalue weighted by Gasteiger charge is -2.23. The Balaban J connectivity index is 2.99. The highest BCUT2D eigenvalue weighted by molar-refractivity contribution is 5.96. The highest BCUT2D eigenvalue weighted by Crippen LogP contribution is 2.13. The summed E-state index contributed by atoms with van der Waals surface area (Å²) in [6.45, 7) is 3.28. The quantitative estimate of drug-likeness (QED) is 0.893. The van der Waals surface area contributed by atoms with E-state index in [-0.39, 0.29) is 5.56 Å². The maximum atomic E-state index is 13.4. The van der Waals surface area contributed by atoms with Gasteiger partial charge in [-0.25, -0.2) is 9.18 Å². The molecule has 0 aliphatic carbocycles. The van der Waals surface area contributed by atoms with Crippen molar-refractivity contribution < 1.29 is 19.1 Å². The summed E-state index contributed by atoms with van der Waals surface area (Å²) in [6.07, 6.45) is 0.298. The Morgan fingerprint density at radius 3 is 2.50 bits per heavy atom. The monoisotopic (exact) mass is 253 g/mol. The SMILES string of the molecule is CCC(C(=O)O)N(C)C(=O)c1ccc(C)c(F)c1. The highest BCUT2D eigenvalue weighted by atomic mass is 19.1. The minimum Gasteiger partial charge on any atom is -0.480 e. The zero-order chi connectivity index (χ0) is 13.9. The standard InChI is InChI=1S/C13H16FNO3/c1-4-11(13(17)18)15(3)12(16)9-6-5-8(2)10(14)7-9/h5-7,11H,4H2,1-3H3,(H,17,18). The van der Waals surface area contributed by atoms with Gasteiger partial charge in [0, 0.05) is 12.6 Å². The van der Waals surface area contributed by atoms with E-state index in [2.05, 4.69) is 0 Å². The summed E-state index contributed by atoms with van der Waals surface area (Å²) in [4.78, 5) is 24.1. The lowest BCUT2D eigenvalue weighted by molar-refractivity contribution is -0.142. The number of carbonyl (C=O) groups excluding carboxylic acids is 1. The third kappa shape index (κ3) is 2.85. The maximum Gasteiger partial charge on any atom is 0.326 e. The molecular formula is C13H16FNO3. The fourth-order valence-electron chi connectivity index (χ4n) is 1.69. The number of carbonyl (C=O) groups is 2. The maximum absolute atomic E-state index is 13.4. The van der Waals surface area contributed by atoms with E-state index >= 15 is 0 Å². The van der Waals surface area contributed by atoms with Gasteiger partial charge in [0.2, 0.25) is 0 Å². The van der Waals surface area contributed by atoms with Crippen LogP contribution in [0.1, 0.15) is 29.3 Å². The number of likely N-dealkylation sites (N-methyl/N-ethyl adjacent to an activating group) is 1. The van der Waals surface area contributed by atoms with Crippen LogP contribution in [0.15, 0.2) is 18.2 Å². The second-order valence-electron chi connectivity index (χ2n) is 4.14. The number of halogens is 1. The molecule has 18 heavy (non-hydrogen) atoms. The Labute approximate surface area is 105 Å². The molecule has 0 aliphatic heterocycles. The van der Waals surface area contributed by atoms with Crippen LogP contribution in [0.3, 0.4) is 0 Å². The van der Waals surface area contributed by atoms with Crippen molar-refractivity contribution in [3.63, 3.8) is 0 Å². The number of carboxylic acid groups (broad SMARTS) is 1. The molecule has 0 radical (unpaired) electrons. The summed E-state index contributed by atoms with van der Waals surface area (Å²) in [6, 6.07) is 3.22. The van der Waals surface area contributed by atoms with Gasteiger partial charge >= 0.3 is 5.97 Å². The van der Waals surface area contributed by atoms with Gasteiger partial charge in [-0.2, -0.15) is 0 Å². The Kier molecular flexibility index (Phi) is 4.42. The normalized spacial score (nSPS) is 12.0. The van der Waals surface area contributed by atoms with Crippen molar-refractivity contribution in [1.82, 2.24) is 4.90 Å². The molecule has 1 atom stereocenters. The molecule has 4 nitrogen and oxygen atoms in total. The zero-order valence-electron chi connectivity index (χ0n) is 10.6. The Morgan fingerprint density at radius 2 is 2.06 bits per heavy atom. The predicted molar refractivity (Wildman–Crippen MR) is 64.9 cm³/mol. The van der Waals surface area contributed by atoms with E-state index < -0.39 is 23.7 Å². The first-order chi connectivity index (χ1) is 8.38. The minimum absolute atomic E-state index is 0.153. The minimum atomic E-state index is -1.07. The van der Waals surface area contributed by atoms with Gasteiger partial charge in [-0.15, -0.1) is 0 Å². The van der Waals surface area contributed by atoms with Gasteiger partial charge in [0.15, 0.2) is 0 Å². The third-order valence-electron chi connectivity index (χ3n) is 2.88. The smallest absolute Gasteiger partial charge is 0.326 e. The van der Waals surface area contributed by atoms with Crippen LogP contribution < -0.4 is 0 Å². The highest BCUT2D eigenvalue weighted by Gasteiger charge is 2.25. The lowest BCUT2D eigenvalue weighted by atomic mass is 10.1. The van der Waals surface area contributed by atoms with Crippen molar-refractivity contribution in [3.05, 3.63) is 35.1 Å². The zero-order valence-corrected chi connectivity index (χ0v) is 10.6. The number of benzene rings is 1. The van der Waals surface area contributed by atoms with E-state index in [1.807, 2.05) is 0 Å². The van der Waals surface area contributed by atoms with Crippen LogP contribution in [0.25, 0.3) is 0 Å². The van der Waals surface area contributed by atoms with Crippen molar-refractivity contribution in [2.75, 3.05) is 7.05 Å². The first-order valence-electron chi connectivity index (χ1n) is 5.64. The molecule has 0 aromatic heterocycles. The molecule has 1 amide bonds. The van der Waals surface area contributed by atoms with Crippen LogP contribution in [-0.2, 0) is 4.79 Å². The molecule has 0 saturated heterocycles. The van der Waals surface area contributed by atoms with Crippen LogP contribution in [0.2, 0.25) is 0 Å². The number of hydrogen-bond acceptors (Lipinski definition) is 2. The summed E-state index contributed by atoms with van der Waals surface area (Å²) in [7, 11) is 1.41. The average molecular weight is 253 g/mol. The molecule has 0 bridgehead atoms. The van der Waals surface area contributed by atoms with Crippen molar-refractivity contribution in [2.24, 2.45) is 0 Å². The number of amides is 1. The molecule has 0 saturated carbocycles. The molecule has 1 rings (SSSR count). The molecule has 1 aromatic rings. The fraction of sp³-hybridized carbons (Fsp3) is 0.385. The van der Waals surface area contributed by atoms with E-state index in [0.717, 1.165) is 11.0 Å². The van der Waals surface area contributed by atoms with Crippen molar-refractivity contribution in [3.8, 4) is 0 Å². The van der Waals surface area contributed by atoms with Crippen LogP contribution in [0.5, 0.6) is 0 Å². The van der Waals surface area contributed by atoms with E-state index in [1.54, 1.807) is 13.8 Å². The summed E-state index contributed by atoms with van der Waals surface area (Å²) < 4.78 is 13.4. The molecule has 98 valence electrons. The van der Waals surface area contributed by atoms with E-state index in [1.165, 1.54) is 19.2 Å². The summed E-state index contributed by atoms with van der Waals surface area (Å²) >= 11 is 0. The first-order valence-corrected chi connectivity index (χ1v) is 5.64. The number of carboxylic acids is 1. The number of rotatable bonds is 4. The average Bonchev–Trinajstić information content (AvgIpc) is 2.32. The van der Waals surface area contributed by atoms with E-state index in [0.29, 0.717) is 12.0 Å². The van der Waals surface area contributed by atoms with Crippen molar-refractivity contribution >= 4 is 11.9 Å². The Bertz CT molecular complexity index is 473. The Hall–Kier alpha value is -1.91.